The van der Waals surface area contributed by atoms with Gasteiger partial charge in [0.1, 0.15) is 0 Å². The fourth-order valence-corrected chi connectivity index (χ4v) is 4.04. The van der Waals surface area contributed by atoms with Crippen LogP contribution in [0.2, 0.25) is 0 Å². The van der Waals surface area contributed by atoms with Gasteiger partial charge in [-0.25, -0.2) is 0 Å². The molecule has 0 aliphatic heterocycles. The van der Waals surface area contributed by atoms with Gasteiger partial charge in [-0.2, -0.15) is 0 Å². The van der Waals surface area contributed by atoms with Crippen LogP contribution in [0, 0.1) is 13.8 Å². The number of pyridine rings is 1. The molecule has 3 aromatic rings. The average molecular weight is 344 g/mol. The van der Waals surface area contributed by atoms with E-state index in [1.54, 1.807) is 23.7 Å². The lowest BCUT2D eigenvalue weighted by Crippen LogP contribution is -2.04. The number of carbonyl (C=O) groups is 1. The molecule has 0 aromatic carbocycles. The maximum atomic E-state index is 12.4. The van der Waals surface area contributed by atoms with Crippen molar-refractivity contribution in [2.45, 2.75) is 19.0 Å². The average Bonchev–Trinajstić information content (AvgIpc) is 3.08. The van der Waals surface area contributed by atoms with Crippen molar-refractivity contribution in [1.82, 2.24) is 19.7 Å². The summed E-state index contributed by atoms with van der Waals surface area (Å²) >= 11 is 3.06. The van der Waals surface area contributed by atoms with Crippen LogP contribution in [0.3, 0.4) is 0 Å². The smallest absolute Gasteiger partial charge is 0.191 e. The van der Waals surface area contributed by atoms with Crippen molar-refractivity contribution in [2.24, 2.45) is 7.05 Å². The molecule has 0 atom stereocenters. The van der Waals surface area contributed by atoms with Crippen LogP contribution in [0.25, 0.3) is 11.4 Å². The monoisotopic (exact) mass is 344 g/mol. The van der Waals surface area contributed by atoms with Gasteiger partial charge in [-0.05, 0) is 32.0 Å². The lowest BCUT2D eigenvalue weighted by molar-refractivity contribution is 0.102. The van der Waals surface area contributed by atoms with E-state index < -0.39 is 0 Å². The number of Topliss-reactive ketones (excluding diaryl/α,β-unsaturated/α-hetero) is 1. The summed E-state index contributed by atoms with van der Waals surface area (Å²) < 4.78 is 1.89. The van der Waals surface area contributed by atoms with Gasteiger partial charge >= 0.3 is 0 Å². The molecule has 23 heavy (non-hydrogen) atoms. The Hall–Kier alpha value is -1.99. The third-order valence-corrected chi connectivity index (χ3v) is 5.41. The Morgan fingerprint density at radius 2 is 2.17 bits per heavy atom. The Kier molecular flexibility index (Phi) is 4.58. The predicted octanol–water partition coefficient (Wildman–Crippen LogP) is 3.53. The minimum atomic E-state index is 0.128. The van der Waals surface area contributed by atoms with E-state index in [4.69, 9.17) is 0 Å². The molecular formula is C16H16N4OS2. The van der Waals surface area contributed by atoms with Crippen molar-refractivity contribution in [2.75, 3.05) is 5.75 Å². The summed E-state index contributed by atoms with van der Waals surface area (Å²) in [5.41, 5.74) is 1.72. The minimum absolute atomic E-state index is 0.128. The standard InChI is InChI=1S/C16H16N4OS2/c1-10-7-13(11(2)23-10)14(21)9-22-16-19-18-15(20(16)3)12-5-4-6-17-8-12/h4-8H,9H2,1-3H3. The molecule has 0 amide bonds. The van der Waals surface area contributed by atoms with Crippen molar-refractivity contribution in [3.8, 4) is 11.4 Å². The van der Waals surface area contributed by atoms with Crippen molar-refractivity contribution < 1.29 is 4.79 Å². The molecule has 0 radical (unpaired) electrons. The number of rotatable bonds is 5. The molecule has 118 valence electrons. The first-order chi connectivity index (χ1) is 11.1. The lowest BCUT2D eigenvalue weighted by atomic mass is 10.2. The fraction of sp³-hybridized carbons (Fsp3) is 0.250. The summed E-state index contributed by atoms with van der Waals surface area (Å²) in [6, 6.07) is 5.76. The number of thioether (sulfide) groups is 1. The van der Waals surface area contributed by atoms with Crippen LogP contribution < -0.4 is 0 Å². The molecule has 0 unspecified atom stereocenters. The van der Waals surface area contributed by atoms with Crippen molar-refractivity contribution >= 4 is 28.9 Å². The van der Waals surface area contributed by atoms with Crippen LogP contribution in [-0.2, 0) is 7.05 Å². The summed E-state index contributed by atoms with van der Waals surface area (Å²) in [5.74, 6) is 1.23. The summed E-state index contributed by atoms with van der Waals surface area (Å²) in [6.07, 6.45) is 3.47. The van der Waals surface area contributed by atoms with Gasteiger partial charge in [0.2, 0.25) is 0 Å². The molecule has 0 saturated heterocycles. The number of hydrogen-bond acceptors (Lipinski definition) is 6. The zero-order valence-corrected chi connectivity index (χ0v) is 14.7. The number of aromatic nitrogens is 4. The molecule has 0 aliphatic carbocycles. The quantitative estimate of drug-likeness (QED) is 0.523. The van der Waals surface area contributed by atoms with Crippen molar-refractivity contribution in [1.29, 1.82) is 0 Å². The van der Waals surface area contributed by atoms with Crippen LogP contribution in [-0.4, -0.2) is 31.3 Å². The molecule has 0 aliphatic rings. The first-order valence-electron chi connectivity index (χ1n) is 7.09. The van der Waals surface area contributed by atoms with Crippen LogP contribution in [0.4, 0.5) is 0 Å². The Bertz CT molecular complexity index is 839. The van der Waals surface area contributed by atoms with Gasteiger partial charge in [-0.3, -0.25) is 9.78 Å². The lowest BCUT2D eigenvalue weighted by Gasteiger charge is -2.03. The van der Waals surface area contributed by atoms with E-state index in [2.05, 4.69) is 15.2 Å². The van der Waals surface area contributed by atoms with Gasteiger partial charge in [0.15, 0.2) is 16.8 Å². The maximum absolute atomic E-state index is 12.4. The van der Waals surface area contributed by atoms with Crippen LogP contribution in [0.1, 0.15) is 20.1 Å². The summed E-state index contributed by atoms with van der Waals surface area (Å²) in [6.45, 7) is 4.00. The van der Waals surface area contributed by atoms with E-state index >= 15 is 0 Å². The Labute approximate surface area is 142 Å². The van der Waals surface area contributed by atoms with E-state index in [0.29, 0.717) is 5.75 Å². The number of nitrogens with zero attached hydrogens (tertiary/aromatic N) is 4. The molecule has 3 aromatic heterocycles. The summed E-state index contributed by atoms with van der Waals surface area (Å²) in [7, 11) is 1.90. The van der Waals surface area contributed by atoms with E-state index in [1.807, 2.05) is 43.7 Å². The van der Waals surface area contributed by atoms with Crippen molar-refractivity contribution in [3.05, 3.63) is 45.9 Å². The second-order valence-corrected chi connectivity index (χ2v) is 7.55. The van der Waals surface area contributed by atoms with Gasteiger partial charge in [-0.1, -0.05) is 11.8 Å². The molecule has 0 bridgehead atoms. The molecule has 0 N–H and O–H groups in total. The molecule has 0 fully saturated rings. The maximum Gasteiger partial charge on any atom is 0.191 e. The van der Waals surface area contributed by atoms with Gasteiger partial charge < -0.3 is 4.57 Å². The van der Waals surface area contributed by atoms with E-state index in [-0.39, 0.29) is 5.78 Å². The summed E-state index contributed by atoms with van der Waals surface area (Å²) in [4.78, 5) is 18.7. The molecular weight excluding hydrogens is 328 g/mol. The molecule has 0 spiro atoms. The van der Waals surface area contributed by atoms with Gasteiger partial charge in [-0.15, -0.1) is 21.5 Å². The van der Waals surface area contributed by atoms with E-state index in [9.17, 15) is 4.79 Å². The highest BCUT2D eigenvalue weighted by Crippen LogP contribution is 2.25. The highest BCUT2D eigenvalue weighted by molar-refractivity contribution is 7.99. The SMILES string of the molecule is Cc1cc(C(=O)CSc2nnc(-c3cccnc3)n2C)c(C)s1. The molecule has 0 saturated carbocycles. The van der Waals surface area contributed by atoms with Gasteiger partial charge in [0.05, 0.1) is 5.75 Å². The van der Waals surface area contributed by atoms with E-state index in [1.165, 1.54) is 11.8 Å². The normalized spacial score (nSPS) is 10.9. The number of ketones is 1. The Morgan fingerprint density at radius 1 is 1.35 bits per heavy atom. The molecule has 5 nitrogen and oxygen atoms in total. The number of thiophene rings is 1. The highest BCUT2D eigenvalue weighted by Gasteiger charge is 2.16. The zero-order chi connectivity index (χ0) is 16.4. The summed E-state index contributed by atoms with van der Waals surface area (Å²) in [5, 5.41) is 9.11. The number of carbonyl (C=O) groups excluding carboxylic acids is 1. The third-order valence-electron chi connectivity index (χ3n) is 3.43. The van der Waals surface area contributed by atoms with Gasteiger partial charge in [0.25, 0.3) is 0 Å². The largest absolute Gasteiger partial charge is 0.305 e. The first kappa shape index (κ1) is 15.9. The second kappa shape index (κ2) is 6.64. The Morgan fingerprint density at radius 3 is 2.83 bits per heavy atom. The molecule has 3 rings (SSSR count). The van der Waals surface area contributed by atoms with Crippen LogP contribution in [0.15, 0.2) is 35.7 Å². The first-order valence-corrected chi connectivity index (χ1v) is 8.89. The van der Waals surface area contributed by atoms with Crippen LogP contribution >= 0.6 is 23.1 Å². The number of hydrogen-bond donors (Lipinski definition) is 0. The van der Waals surface area contributed by atoms with E-state index in [0.717, 1.165) is 31.9 Å². The fourth-order valence-electron chi connectivity index (χ4n) is 2.30. The molecule has 3 heterocycles. The minimum Gasteiger partial charge on any atom is -0.305 e. The van der Waals surface area contributed by atoms with Crippen LogP contribution in [0.5, 0.6) is 0 Å². The van der Waals surface area contributed by atoms with Gasteiger partial charge in [0, 0.05) is 40.3 Å². The zero-order valence-electron chi connectivity index (χ0n) is 13.1. The topological polar surface area (TPSA) is 60.7 Å². The third kappa shape index (κ3) is 3.35. The Balaban J connectivity index is 1.73. The predicted molar refractivity (Wildman–Crippen MR) is 93.1 cm³/mol. The highest BCUT2D eigenvalue weighted by atomic mass is 32.2. The van der Waals surface area contributed by atoms with Crippen molar-refractivity contribution in [3.63, 3.8) is 0 Å². The second-order valence-electron chi connectivity index (χ2n) is 5.15. The number of aryl methyl sites for hydroxylation is 2. The molecule has 7 heteroatoms.